The molecule has 0 saturated carbocycles. The number of carbonyl (C=O) groups is 2. The van der Waals surface area contributed by atoms with Crippen LogP contribution in [0.3, 0.4) is 0 Å². The molecule has 0 heterocycles. The van der Waals surface area contributed by atoms with E-state index in [0.29, 0.717) is 6.54 Å². The molecule has 0 radical (unpaired) electrons. The standard InChI is InChI=1S/C11H22N2O3S/c1-5-6-13-9(14)7(2)17-11(3,4)8(12)10(15)16/h7-8H,5-6,12H2,1-4H3,(H,13,14)(H,15,16)/t7?,8-/m0/s1. The lowest BCUT2D eigenvalue weighted by Crippen LogP contribution is -2.48. The molecule has 0 spiro atoms. The average Bonchev–Trinajstić information content (AvgIpc) is 2.23. The lowest BCUT2D eigenvalue weighted by molar-refractivity contribution is -0.139. The van der Waals surface area contributed by atoms with Crippen molar-refractivity contribution in [1.82, 2.24) is 5.32 Å². The van der Waals surface area contributed by atoms with Gasteiger partial charge in [0.1, 0.15) is 6.04 Å². The summed E-state index contributed by atoms with van der Waals surface area (Å²) in [7, 11) is 0. The Labute approximate surface area is 107 Å². The molecule has 0 aromatic heterocycles. The minimum absolute atomic E-state index is 0.0810. The van der Waals surface area contributed by atoms with E-state index in [1.54, 1.807) is 20.8 Å². The summed E-state index contributed by atoms with van der Waals surface area (Å²) in [5, 5.41) is 11.3. The second-order valence-corrected chi connectivity index (χ2v) is 6.47. The molecule has 1 unspecified atom stereocenters. The number of carboxylic acid groups (broad SMARTS) is 1. The molecule has 0 fully saturated rings. The van der Waals surface area contributed by atoms with Gasteiger partial charge in [0.2, 0.25) is 5.91 Å². The van der Waals surface area contributed by atoms with Crippen molar-refractivity contribution in [2.45, 2.75) is 50.2 Å². The van der Waals surface area contributed by atoms with Crippen LogP contribution in [0.1, 0.15) is 34.1 Å². The number of thioether (sulfide) groups is 1. The van der Waals surface area contributed by atoms with Crippen LogP contribution in [0.2, 0.25) is 0 Å². The Balaban J connectivity index is 4.40. The summed E-state index contributed by atoms with van der Waals surface area (Å²) in [5.74, 6) is -1.13. The third-order valence-corrected chi connectivity index (χ3v) is 3.84. The summed E-state index contributed by atoms with van der Waals surface area (Å²) in [4.78, 5) is 22.5. The molecule has 0 aliphatic carbocycles. The molecule has 0 aromatic rings. The van der Waals surface area contributed by atoms with Gasteiger partial charge in [-0.25, -0.2) is 0 Å². The highest BCUT2D eigenvalue weighted by Gasteiger charge is 2.35. The molecule has 100 valence electrons. The molecular formula is C11H22N2O3S. The van der Waals surface area contributed by atoms with Gasteiger partial charge in [-0.1, -0.05) is 6.92 Å². The molecule has 0 aliphatic heterocycles. The number of carbonyl (C=O) groups excluding carboxylic acids is 1. The molecule has 2 atom stereocenters. The largest absolute Gasteiger partial charge is 0.480 e. The van der Waals surface area contributed by atoms with Crippen molar-refractivity contribution in [3.05, 3.63) is 0 Å². The van der Waals surface area contributed by atoms with E-state index in [1.165, 1.54) is 11.8 Å². The molecule has 1 amide bonds. The molecular weight excluding hydrogens is 240 g/mol. The molecule has 0 aliphatic rings. The highest BCUT2D eigenvalue weighted by Crippen LogP contribution is 2.31. The van der Waals surface area contributed by atoms with Crippen molar-refractivity contribution in [2.75, 3.05) is 6.54 Å². The van der Waals surface area contributed by atoms with Crippen LogP contribution in [0, 0.1) is 0 Å². The topological polar surface area (TPSA) is 92.4 Å². The van der Waals surface area contributed by atoms with E-state index >= 15 is 0 Å². The highest BCUT2D eigenvalue weighted by atomic mass is 32.2. The Kier molecular flexibility index (Phi) is 6.56. The third kappa shape index (κ3) is 5.41. The van der Waals surface area contributed by atoms with Crippen LogP contribution < -0.4 is 11.1 Å². The quantitative estimate of drug-likeness (QED) is 0.632. The molecule has 6 heteroatoms. The predicted octanol–water partition coefficient (Wildman–Crippen LogP) is 0.825. The minimum Gasteiger partial charge on any atom is -0.480 e. The van der Waals surface area contributed by atoms with E-state index < -0.39 is 16.8 Å². The normalized spacial score (nSPS) is 15.1. The maximum Gasteiger partial charge on any atom is 0.321 e. The fraction of sp³-hybridized carbons (Fsp3) is 0.818. The summed E-state index contributed by atoms with van der Waals surface area (Å²) in [6, 6.07) is -0.992. The zero-order chi connectivity index (χ0) is 13.6. The Bertz CT molecular complexity index is 282. The second-order valence-electron chi connectivity index (χ2n) is 4.47. The van der Waals surface area contributed by atoms with Crippen LogP contribution in [0.4, 0.5) is 0 Å². The first kappa shape index (κ1) is 16.2. The van der Waals surface area contributed by atoms with Crippen LogP contribution in [-0.2, 0) is 9.59 Å². The van der Waals surface area contributed by atoms with Crippen molar-refractivity contribution >= 4 is 23.6 Å². The van der Waals surface area contributed by atoms with Crippen molar-refractivity contribution in [3.63, 3.8) is 0 Å². The van der Waals surface area contributed by atoms with Crippen LogP contribution in [0.15, 0.2) is 0 Å². The number of rotatable bonds is 7. The minimum atomic E-state index is -1.05. The van der Waals surface area contributed by atoms with Gasteiger partial charge in [-0.05, 0) is 27.2 Å². The number of nitrogens with two attached hydrogens (primary N) is 1. The number of hydrogen-bond acceptors (Lipinski definition) is 4. The second kappa shape index (κ2) is 6.86. The van der Waals surface area contributed by atoms with Gasteiger partial charge < -0.3 is 16.2 Å². The number of carboxylic acids is 1. The first-order valence-corrected chi connectivity index (χ1v) is 6.54. The summed E-state index contributed by atoms with van der Waals surface area (Å²) in [6.07, 6.45) is 0.876. The lowest BCUT2D eigenvalue weighted by atomic mass is 10.1. The number of aliphatic carboxylic acids is 1. The van der Waals surface area contributed by atoms with Crippen molar-refractivity contribution in [2.24, 2.45) is 5.73 Å². The first-order chi connectivity index (χ1) is 7.72. The van der Waals surface area contributed by atoms with Gasteiger partial charge in [-0.2, -0.15) is 0 Å². The lowest BCUT2D eigenvalue weighted by Gasteiger charge is -2.30. The summed E-state index contributed by atoms with van der Waals surface area (Å²) < 4.78 is -0.686. The molecule has 0 rings (SSSR count). The van der Waals surface area contributed by atoms with Crippen molar-refractivity contribution in [1.29, 1.82) is 0 Å². The fourth-order valence-electron chi connectivity index (χ4n) is 1.27. The van der Waals surface area contributed by atoms with Crippen molar-refractivity contribution < 1.29 is 14.7 Å². The highest BCUT2D eigenvalue weighted by molar-refractivity contribution is 8.02. The van der Waals surface area contributed by atoms with Crippen LogP contribution in [0.25, 0.3) is 0 Å². The summed E-state index contributed by atoms with van der Waals surface area (Å²) in [6.45, 7) is 7.84. The van der Waals surface area contributed by atoms with E-state index in [9.17, 15) is 9.59 Å². The zero-order valence-corrected chi connectivity index (χ0v) is 11.6. The van der Waals surface area contributed by atoms with Gasteiger partial charge in [0.15, 0.2) is 0 Å². The van der Waals surface area contributed by atoms with E-state index in [0.717, 1.165) is 6.42 Å². The van der Waals surface area contributed by atoms with E-state index in [4.69, 9.17) is 10.8 Å². The summed E-state index contributed by atoms with van der Waals surface area (Å²) >= 11 is 1.28. The molecule has 0 aromatic carbocycles. The van der Waals surface area contributed by atoms with Gasteiger partial charge in [0.05, 0.1) is 5.25 Å². The number of amides is 1. The zero-order valence-electron chi connectivity index (χ0n) is 10.8. The van der Waals surface area contributed by atoms with Gasteiger partial charge >= 0.3 is 5.97 Å². The first-order valence-electron chi connectivity index (χ1n) is 5.66. The van der Waals surface area contributed by atoms with Gasteiger partial charge in [0, 0.05) is 11.3 Å². The van der Waals surface area contributed by atoms with Crippen LogP contribution in [0.5, 0.6) is 0 Å². The number of hydrogen-bond donors (Lipinski definition) is 3. The number of nitrogens with one attached hydrogen (secondary N) is 1. The van der Waals surface area contributed by atoms with E-state index in [2.05, 4.69) is 5.32 Å². The van der Waals surface area contributed by atoms with Gasteiger partial charge in [-0.15, -0.1) is 11.8 Å². The van der Waals surface area contributed by atoms with Gasteiger partial charge in [-0.3, -0.25) is 9.59 Å². The Hall–Kier alpha value is -0.750. The SMILES string of the molecule is CCCNC(=O)C(C)SC(C)(C)[C@@H](N)C(=O)O. The predicted molar refractivity (Wildman–Crippen MR) is 70.0 cm³/mol. The maximum absolute atomic E-state index is 11.7. The molecule has 0 saturated heterocycles. The summed E-state index contributed by atoms with van der Waals surface area (Å²) in [5.41, 5.74) is 5.59. The fourth-order valence-corrected chi connectivity index (χ4v) is 2.62. The van der Waals surface area contributed by atoms with Crippen LogP contribution >= 0.6 is 11.8 Å². The Morgan fingerprint density at radius 2 is 2.00 bits per heavy atom. The van der Waals surface area contributed by atoms with E-state index in [-0.39, 0.29) is 11.2 Å². The monoisotopic (exact) mass is 262 g/mol. The maximum atomic E-state index is 11.7. The average molecular weight is 262 g/mol. The molecule has 17 heavy (non-hydrogen) atoms. The smallest absolute Gasteiger partial charge is 0.321 e. The Morgan fingerprint density at radius 3 is 2.41 bits per heavy atom. The molecule has 4 N–H and O–H groups in total. The van der Waals surface area contributed by atoms with Crippen molar-refractivity contribution in [3.8, 4) is 0 Å². The molecule has 0 bridgehead atoms. The molecule has 5 nitrogen and oxygen atoms in total. The van der Waals surface area contributed by atoms with Crippen LogP contribution in [-0.4, -0.2) is 39.6 Å². The van der Waals surface area contributed by atoms with E-state index in [1.807, 2.05) is 6.92 Å². The Morgan fingerprint density at radius 1 is 1.47 bits per heavy atom. The van der Waals surface area contributed by atoms with Gasteiger partial charge in [0.25, 0.3) is 0 Å². The third-order valence-electron chi connectivity index (χ3n) is 2.41.